The number of nitrogens with zero attached hydrogens (tertiary/aromatic N) is 3. The van der Waals surface area contributed by atoms with E-state index in [1.807, 2.05) is 14.1 Å². The summed E-state index contributed by atoms with van der Waals surface area (Å²) in [5, 5.41) is 15.4. The first-order chi connectivity index (χ1) is 8.99. The van der Waals surface area contributed by atoms with Gasteiger partial charge in [-0.15, -0.1) is 0 Å². The second kappa shape index (κ2) is 7.52. The monoisotopic (exact) mass is 268 g/mol. The number of amides is 1. The number of carboxylic acid groups (broad SMARTS) is 1. The number of carbonyl (C=O) groups excluding carboxylic acids is 1. The molecule has 0 fully saturated rings. The highest BCUT2D eigenvalue weighted by molar-refractivity contribution is 5.86. The Kier molecular flexibility index (Phi) is 6.01. The van der Waals surface area contributed by atoms with Gasteiger partial charge in [-0.25, -0.2) is 4.79 Å². The molecule has 2 N–H and O–H groups in total. The number of carbonyl (C=O) groups is 2. The number of carboxylic acids is 1. The molecule has 1 heterocycles. The summed E-state index contributed by atoms with van der Waals surface area (Å²) in [7, 11) is 3.97. The topological polar surface area (TPSA) is 87.5 Å². The van der Waals surface area contributed by atoms with Gasteiger partial charge >= 0.3 is 5.97 Å². The summed E-state index contributed by atoms with van der Waals surface area (Å²) in [6.45, 7) is 1.96. The van der Waals surface area contributed by atoms with Crippen LogP contribution in [0.3, 0.4) is 0 Å². The Bertz CT molecular complexity index is 428. The van der Waals surface area contributed by atoms with Crippen molar-refractivity contribution in [1.82, 2.24) is 20.0 Å². The lowest BCUT2D eigenvalue weighted by molar-refractivity contribution is -0.121. The van der Waals surface area contributed by atoms with Gasteiger partial charge in [0.1, 0.15) is 0 Å². The third-order valence-electron chi connectivity index (χ3n) is 2.55. The van der Waals surface area contributed by atoms with Crippen LogP contribution >= 0.6 is 0 Å². The van der Waals surface area contributed by atoms with E-state index in [4.69, 9.17) is 5.11 Å². The number of aromatic nitrogens is 2. The Morgan fingerprint density at radius 3 is 2.79 bits per heavy atom. The molecule has 0 bridgehead atoms. The van der Waals surface area contributed by atoms with E-state index in [1.165, 1.54) is 17.1 Å². The van der Waals surface area contributed by atoms with E-state index in [0.29, 0.717) is 19.5 Å². The molecule has 19 heavy (non-hydrogen) atoms. The Morgan fingerprint density at radius 2 is 2.21 bits per heavy atom. The maximum Gasteiger partial charge on any atom is 0.338 e. The number of rotatable bonds is 8. The summed E-state index contributed by atoms with van der Waals surface area (Å²) in [5.41, 5.74) is 0.131. The van der Waals surface area contributed by atoms with Gasteiger partial charge in [0.25, 0.3) is 0 Å². The van der Waals surface area contributed by atoms with Crippen LogP contribution in [0.4, 0.5) is 0 Å². The third kappa shape index (κ3) is 6.01. The van der Waals surface area contributed by atoms with Gasteiger partial charge in [-0.05, 0) is 27.1 Å². The lowest BCUT2D eigenvalue weighted by Crippen LogP contribution is -2.27. The van der Waals surface area contributed by atoms with Crippen LogP contribution in [0, 0.1) is 0 Å². The van der Waals surface area contributed by atoms with Crippen LogP contribution in [0.2, 0.25) is 0 Å². The molecule has 1 amide bonds. The highest BCUT2D eigenvalue weighted by atomic mass is 16.4. The molecular weight excluding hydrogens is 248 g/mol. The minimum Gasteiger partial charge on any atom is -0.478 e. The SMILES string of the molecule is CN(C)CCCNC(=O)CCn1cc(C(=O)O)cn1. The molecule has 0 aliphatic carbocycles. The summed E-state index contributed by atoms with van der Waals surface area (Å²) in [6.07, 6.45) is 3.89. The highest BCUT2D eigenvalue weighted by Gasteiger charge is 2.07. The van der Waals surface area contributed by atoms with Gasteiger partial charge in [-0.2, -0.15) is 5.10 Å². The lowest BCUT2D eigenvalue weighted by atomic mass is 10.3. The van der Waals surface area contributed by atoms with Crippen LogP contribution in [0.25, 0.3) is 0 Å². The second-order valence-corrected chi connectivity index (χ2v) is 4.55. The number of aryl methyl sites for hydroxylation is 1. The zero-order valence-electron chi connectivity index (χ0n) is 11.3. The summed E-state index contributed by atoms with van der Waals surface area (Å²) in [5.74, 6) is -1.06. The van der Waals surface area contributed by atoms with Crippen molar-refractivity contribution >= 4 is 11.9 Å². The molecule has 0 aromatic carbocycles. The molecule has 106 valence electrons. The van der Waals surface area contributed by atoms with Crippen molar-refractivity contribution in [2.45, 2.75) is 19.4 Å². The fourth-order valence-corrected chi connectivity index (χ4v) is 1.52. The number of hydrogen-bond acceptors (Lipinski definition) is 4. The summed E-state index contributed by atoms with van der Waals surface area (Å²) in [4.78, 5) is 24.2. The molecule has 0 saturated heterocycles. The summed E-state index contributed by atoms with van der Waals surface area (Å²) < 4.78 is 1.46. The van der Waals surface area contributed by atoms with Gasteiger partial charge < -0.3 is 15.3 Å². The number of hydrogen-bond donors (Lipinski definition) is 2. The van der Waals surface area contributed by atoms with E-state index in [1.54, 1.807) is 0 Å². The van der Waals surface area contributed by atoms with Crippen molar-refractivity contribution in [1.29, 1.82) is 0 Å². The van der Waals surface area contributed by atoms with Crippen LogP contribution in [0.5, 0.6) is 0 Å². The van der Waals surface area contributed by atoms with Gasteiger partial charge in [0, 0.05) is 25.7 Å². The maximum atomic E-state index is 11.5. The Labute approximate surface area is 112 Å². The van der Waals surface area contributed by atoms with E-state index in [-0.39, 0.29) is 11.5 Å². The second-order valence-electron chi connectivity index (χ2n) is 4.55. The molecular formula is C12H20N4O3. The highest BCUT2D eigenvalue weighted by Crippen LogP contribution is 1.98. The van der Waals surface area contributed by atoms with Crippen molar-refractivity contribution < 1.29 is 14.7 Å². The van der Waals surface area contributed by atoms with Gasteiger partial charge in [-0.3, -0.25) is 9.48 Å². The molecule has 0 unspecified atom stereocenters. The van der Waals surface area contributed by atoms with Crippen molar-refractivity contribution in [2.75, 3.05) is 27.2 Å². The molecule has 7 nitrogen and oxygen atoms in total. The van der Waals surface area contributed by atoms with Crippen LogP contribution < -0.4 is 5.32 Å². The molecule has 0 spiro atoms. The quantitative estimate of drug-likeness (QED) is 0.650. The van der Waals surface area contributed by atoms with E-state index in [0.717, 1.165) is 13.0 Å². The van der Waals surface area contributed by atoms with Crippen LogP contribution in [0.15, 0.2) is 12.4 Å². The smallest absolute Gasteiger partial charge is 0.338 e. The zero-order chi connectivity index (χ0) is 14.3. The standard InChI is InChI=1S/C12H20N4O3/c1-15(2)6-3-5-13-11(17)4-7-16-9-10(8-14-16)12(18)19/h8-9H,3-7H2,1-2H3,(H,13,17)(H,18,19). The fourth-order valence-electron chi connectivity index (χ4n) is 1.52. The zero-order valence-corrected chi connectivity index (χ0v) is 11.3. The third-order valence-corrected chi connectivity index (χ3v) is 2.55. The maximum absolute atomic E-state index is 11.5. The first-order valence-electron chi connectivity index (χ1n) is 6.16. The van der Waals surface area contributed by atoms with Crippen LogP contribution in [-0.2, 0) is 11.3 Å². The number of nitrogens with one attached hydrogen (secondary N) is 1. The minimum absolute atomic E-state index is 0.0499. The van der Waals surface area contributed by atoms with Gasteiger partial charge in [0.05, 0.1) is 11.8 Å². The van der Waals surface area contributed by atoms with Crippen molar-refractivity contribution in [3.8, 4) is 0 Å². The minimum atomic E-state index is -1.01. The molecule has 1 rings (SSSR count). The molecule has 0 aliphatic heterocycles. The molecule has 0 aliphatic rings. The number of aromatic carboxylic acids is 1. The first-order valence-corrected chi connectivity index (χ1v) is 6.16. The largest absolute Gasteiger partial charge is 0.478 e. The van der Waals surface area contributed by atoms with E-state index in [2.05, 4.69) is 15.3 Å². The van der Waals surface area contributed by atoms with Crippen LogP contribution in [0.1, 0.15) is 23.2 Å². The van der Waals surface area contributed by atoms with Crippen molar-refractivity contribution in [2.24, 2.45) is 0 Å². The normalized spacial score (nSPS) is 10.7. The molecule has 1 aromatic heterocycles. The van der Waals surface area contributed by atoms with E-state index >= 15 is 0 Å². The van der Waals surface area contributed by atoms with Gasteiger partial charge in [-0.1, -0.05) is 0 Å². The van der Waals surface area contributed by atoms with E-state index < -0.39 is 5.97 Å². The average molecular weight is 268 g/mol. The van der Waals surface area contributed by atoms with E-state index in [9.17, 15) is 9.59 Å². The molecule has 0 radical (unpaired) electrons. The lowest BCUT2D eigenvalue weighted by Gasteiger charge is -2.09. The Balaban J connectivity index is 2.20. The molecule has 0 saturated carbocycles. The fraction of sp³-hybridized carbons (Fsp3) is 0.583. The summed E-state index contributed by atoms with van der Waals surface area (Å²) >= 11 is 0. The Hall–Kier alpha value is -1.89. The predicted molar refractivity (Wildman–Crippen MR) is 70.0 cm³/mol. The molecule has 7 heteroatoms. The van der Waals surface area contributed by atoms with Crippen molar-refractivity contribution in [3.63, 3.8) is 0 Å². The van der Waals surface area contributed by atoms with Crippen LogP contribution in [-0.4, -0.2) is 58.8 Å². The summed E-state index contributed by atoms with van der Waals surface area (Å²) in [6, 6.07) is 0. The molecule has 1 aromatic rings. The Morgan fingerprint density at radius 1 is 1.47 bits per heavy atom. The van der Waals surface area contributed by atoms with Gasteiger partial charge in [0.2, 0.25) is 5.91 Å². The first kappa shape index (κ1) is 15.2. The predicted octanol–water partition coefficient (Wildman–Crippen LogP) is 0.0393. The average Bonchev–Trinajstić information content (AvgIpc) is 2.81. The van der Waals surface area contributed by atoms with Gasteiger partial charge in [0.15, 0.2) is 0 Å². The van der Waals surface area contributed by atoms with Crippen molar-refractivity contribution in [3.05, 3.63) is 18.0 Å². The molecule has 0 atom stereocenters.